The largest absolute Gasteiger partial charge is 0.313 e. The highest BCUT2D eigenvalue weighted by Crippen LogP contribution is 2.07. The normalized spacial score (nSPS) is 13.2. The van der Waals surface area contributed by atoms with Gasteiger partial charge in [-0.05, 0) is 45.2 Å². The van der Waals surface area contributed by atoms with Crippen molar-refractivity contribution < 1.29 is 0 Å². The molecule has 0 spiro atoms. The van der Waals surface area contributed by atoms with Gasteiger partial charge in [-0.25, -0.2) is 0 Å². The molecule has 1 N–H and O–H groups in total. The zero-order valence-corrected chi connectivity index (χ0v) is 13.9. The second-order valence-electron chi connectivity index (χ2n) is 6.55. The van der Waals surface area contributed by atoms with Gasteiger partial charge >= 0.3 is 0 Å². The van der Waals surface area contributed by atoms with Crippen LogP contribution in [-0.4, -0.2) is 31.1 Å². The SMILES string of the molecule is Cc1ccc(CN(C)CCNC(C)CCC(C)C)cc1. The Morgan fingerprint density at radius 3 is 2.30 bits per heavy atom. The molecule has 0 fully saturated rings. The van der Waals surface area contributed by atoms with Crippen LogP contribution in [0.15, 0.2) is 24.3 Å². The molecule has 114 valence electrons. The van der Waals surface area contributed by atoms with Gasteiger partial charge in [0.05, 0.1) is 0 Å². The van der Waals surface area contributed by atoms with Crippen LogP contribution in [0.3, 0.4) is 0 Å². The molecule has 0 aliphatic rings. The Bertz CT molecular complexity index is 356. The number of aryl methyl sites for hydroxylation is 1. The highest BCUT2D eigenvalue weighted by Gasteiger charge is 2.04. The summed E-state index contributed by atoms with van der Waals surface area (Å²) in [5.41, 5.74) is 2.73. The quantitative estimate of drug-likeness (QED) is 0.737. The number of rotatable bonds is 9. The molecule has 0 aliphatic carbocycles. The Kier molecular flexibility index (Phi) is 7.86. The Balaban J connectivity index is 2.16. The topological polar surface area (TPSA) is 15.3 Å². The first-order valence-electron chi connectivity index (χ1n) is 7.95. The third-order valence-electron chi connectivity index (χ3n) is 3.74. The van der Waals surface area contributed by atoms with Crippen molar-refractivity contribution >= 4 is 0 Å². The van der Waals surface area contributed by atoms with Gasteiger partial charge in [0.25, 0.3) is 0 Å². The first-order valence-corrected chi connectivity index (χ1v) is 7.95. The molecule has 20 heavy (non-hydrogen) atoms. The number of nitrogens with one attached hydrogen (secondary N) is 1. The maximum absolute atomic E-state index is 3.62. The molecular weight excluding hydrogens is 244 g/mol. The van der Waals surface area contributed by atoms with Gasteiger partial charge in [0.15, 0.2) is 0 Å². The number of benzene rings is 1. The highest BCUT2D eigenvalue weighted by atomic mass is 15.1. The minimum atomic E-state index is 0.630. The molecule has 2 heteroatoms. The van der Waals surface area contributed by atoms with E-state index in [1.807, 2.05) is 0 Å². The Morgan fingerprint density at radius 1 is 1.05 bits per heavy atom. The van der Waals surface area contributed by atoms with E-state index in [2.05, 4.69) is 69.2 Å². The van der Waals surface area contributed by atoms with E-state index in [1.165, 1.54) is 24.0 Å². The van der Waals surface area contributed by atoms with Gasteiger partial charge in [-0.3, -0.25) is 0 Å². The van der Waals surface area contributed by atoms with Crippen molar-refractivity contribution in [2.45, 2.75) is 53.1 Å². The molecular formula is C18H32N2. The molecule has 1 aromatic carbocycles. The smallest absolute Gasteiger partial charge is 0.0231 e. The van der Waals surface area contributed by atoms with E-state index < -0.39 is 0 Å². The summed E-state index contributed by atoms with van der Waals surface area (Å²) >= 11 is 0. The summed E-state index contributed by atoms with van der Waals surface area (Å²) in [7, 11) is 2.19. The van der Waals surface area contributed by atoms with Crippen LogP contribution in [0.4, 0.5) is 0 Å². The maximum Gasteiger partial charge on any atom is 0.0231 e. The molecule has 1 aromatic rings. The van der Waals surface area contributed by atoms with Gasteiger partial charge in [0.1, 0.15) is 0 Å². The van der Waals surface area contributed by atoms with Gasteiger partial charge < -0.3 is 10.2 Å². The van der Waals surface area contributed by atoms with Crippen molar-refractivity contribution in [2.75, 3.05) is 20.1 Å². The fraction of sp³-hybridized carbons (Fsp3) is 0.667. The molecule has 0 saturated heterocycles. The summed E-state index contributed by atoms with van der Waals surface area (Å²) in [6, 6.07) is 9.46. The molecule has 0 saturated carbocycles. The van der Waals surface area contributed by atoms with Crippen molar-refractivity contribution in [2.24, 2.45) is 5.92 Å². The first kappa shape index (κ1) is 17.2. The lowest BCUT2D eigenvalue weighted by Crippen LogP contribution is -2.34. The van der Waals surface area contributed by atoms with Crippen molar-refractivity contribution in [3.63, 3.8) is 0 Å². The minimum Gasteiger partial charge on any atom is -0.313 e. The third kappa shape index (κ3) is 7.66. The zero-order valence-electron chi connectivity index (χ0n) is 13.9. The van der Waals surface area contributed by atoms with E-state index in [1.54, 1.807) is 0 Å². The standard InChI is InChI=1S/C18H32N2/c1-15(2)6-9-17(4)19-12-13-20(5)14-18-10-7-16(3)8-11-18/h7-8,10-11,15,17,19H,6,9,12-14H2,1-5H3. The average molecular weight is 276 g/mol. The van der Waals surface area contributed by atoms with Gasteiger partial charge in [0, 0.05) is 25.7 Å². The van der Waals surface area contributed by atoms with Crippen LogP contribution in [0, 0.1) is 12.8 Å². The fourth-order valence-electron chi connectivity index (χ4n) is 2.27. The second kappa shape index (κ2) is 9.15. The molecule has 0 radical (unpaired) electrons. The molecule has 2 nitrogen and oxygen atoms in total. The number of hydrogen-bond donors (Lipinski definition) is 1. The van der Waals surface area contributed by atoms with Crippen LogP contribution < -0.4 is 5.32 Å². The Labute approximate surface area is 125 Å². The lowest BCUT2D eigenvalue weighted by atomic mass is 10.0. The minimum absolute atomic E-state index is 0.630. The number of likely N-dealkylation sites (N-methyl/N-ethyl adjacent to an activating group) is 1. The van der Waals surface area contributed by atoms with Crippen LogP contribution in [0.25, 0.3) is 0 Å². The van der Waals surface area contributed by atoms with E-state index in [0.717, 1.165) is 25.6 Å². The number of nitrogens with zero attached hydrogens (tertiary/aromatic N) is 1. The van der Waals surface area contributed by atoms with E-state index in [-0.39, 0.29) is 0 Å². The van der Waals surface area contributed by atoms with Crippen molar-refractivity contribution in [1.29, 1.82) is 0 Å². The van der Waals surface area contributed by atoms with Gasteiger partial charge in [-0.15, -0.1) is 0 Å². The van der Waals surface area contributed by atoms with Gasteiger partial charge in [0.2, 0.25) is 0 Å². The summed E-state index contributed by atoms with van der Waals surface area (Å²) in [4.78, 5) is 2.38. The van der Waals surface area contributed by atoms with E-state index in [4.69, 9.17) is 0 Å². The third-order valence-corrected chi connectivity index (χ3v) is 3.74. The van der Waals surface area contributed by atoms with Gasteiger partial charge in [-0.1, -0.05) is 43.7 Å². The lowest BCUT2D eigenvalue weighted by molar-refractivity contribution is 0.314. The molecule has 1 rings (SSSR count). The molecule has 0 amide bonds. The maximum atomic E-state index is 3.62. The first-order chi connectivity index (χ1) is 9.47. The molecule has 0 bridgehead atoms. The molecule has 1 atom stereocenters. The summed E-state index contributed by atoms with van der Waals surface area (Å²) < 4.78 is 0. The van der Waals surface area contributed by atoms with Crippen LogP contribution >= 0.6 is 0 Å². The predicted octanol–water partition coefficient (Wildman–Crippen LogP) is 3.84. The lowest BCUT2D eigenvalue weighted by Gasteiger charge is -2.20. The van der Waals surface area contributed by atoms with Crippen molar-refractivity contribution in [3.05, 3.63) is 35.4 Å². The van der Waals surface area contributed by atoms with E-state index in [0.29, 0.717) is 6.04 Å². The molecule has 0 aromatic heterocycles. The Hall–Kier alpha value is -0.860. The monoisotopic (exact) mass is 276 g/mol. The summed E-state index contributed by atoms with van der Waals surface area (Å²) in [6.07, 6.45) is 2.59. The van der Waals surface area contributed by atoms with Crippen LogP contribution in [0.5, 0.6) is 0 Å². The van der Waals surface area contributed by atoms with Crippen molar-refractivity contribution in [3.8, 4) is 0 Å². The second-order valence-corrected chi connectivity index (χ2v) is 6.55. The van der Waals surface area contributed by atoms with Crippen LogP contribution in [0.2, 0.25) is 0 Å². The molecule has 0 heterocycles. The summed E-state index contributed by atoms with van der Waals surface area (Å²) in [5, 5.41) is 3.62. The fourth-order valence-corrected chi connectivity index (χ4v) is 2.27. The van der Waals surface area contributed by atoms with E-state index in [9.17, 15) is 0 Å². The molecule has 0 aliphatic heterocycles. The van der Waals surface area contributed by atoms with E-state index >= 15 is 0 Å². The number of hydrogen-bond acceptors (Lipinski definition) is 2. The summed E-state index contributed by atoms with van der Waals surface area (Å²) in [5.74, 6) is 0.809. The zero-order chi connectivity index (χ0) is 15.0. The van der Waals surface area contributed by atoms with Gasteiger partial charge in [-0.2, -0.15) is 0 Å². The highest BCUT2D eigenvalue weighted by molar-refractivity contribution is 5.21. The predicted molar refractivity (Wildman–Crippen MR) is 89.0 cm³/mol. The van der Waals surface area contributed by atoms with Crippen LogP contribution in [0.1, 0.15) is 44.7 Å². The van der Waals surface area contributed by atoms with Crippen molar-refractivity contribution in [1.82, 2.24) is 10.2 Å². The Morgan fingerprint density at radius 2 is 1.70 bits per heavy atom. The summed E-state index contributed by atoms with van der Waals surface area (Å²) in [6.45, 7) is 12.2. The van der Waals surface area contributed by atoms with Crippen LogP contribution in [-0.2, 0) is 6.54 Å². The average Bonchev–Trinajstić information content (AvgIpc) is 2.39. The molecule has 1 unspecified atom stereocenters.